The van der Waals surface area contributed by atoms with Crippen LogP contribution in [-0.2, 0) is 11.3 Å². The lowest BCUT2D eigenvalue weighted by Gasteiger charge is -2.17. The highest BCUT2D eigenvalue weighted by Crippen LogP contribution is 2.18. The van der Waals surface area contributed by atoms with Gasteiger partial charge in [0, 0.05) is 24.7 Å². The third-order valence-electron chi connectivity index (χ3n) is 3.09. The summed E-state index contributed by atoms with van der Waals surface area (Å²) in [5, 5.41) is 0. The Morgan fingerprint density at radius 2 is 1.95 bits per heavy atom. The van der Waals surface area contributed by atoms with Gasteiger partial charge in [-0.25, -0.2) is 4.98 Å². The molecule has 1 amide bonds. The average Bonchev–Trinajstić information content (AvgIpc) is 2.48. The number of hydrogen-bond acceptors (Lipinski definition) is 4. The fraction of sp³-hybridized carbons (Fsp3) is 0.250. The molecule has 0 atom stereocenters. The van der Waals surface area contributed by atoms with Crippen LogP contribution in [0.25, 0.3) is 0 Å². The summed E-state index contributed by atoms with van der Waals surface area (Å²) in [6.07, 6.45) is 1.69. The molecule has 0 bridgehead atoms. The standard InChI is InChI=1S/C16H19N3OS/c1-12-3-5-13(6-4-12)10-19(2)16(20)11-21-14-7-8-15(17)18-9-14/h3-9H,10-11H2,1-2H3,(H2,17,18). The molecule has 4 nitrogen and oxygen atoms in total. The molecule has 0 radical (unpaired) electrons. The van der Waals surface area contributed by atoms with Crippen molar-refractivity contribution >= 4 is 23.5 Å². The second-order valence-corrected chi connectivity index (χ2v) is 5.99. The fourth-order valence-corrected chi connectivity index (χ4v) is 2.59. The second-order valence-electron chi connectivity index (χ2n) is 4.94. The highest BCUT2D eigenvalue weighted by Gasteiger charge is 2.10. The molecule has 1 heterocycles. The van der Waals surface area contributed by atoms with Crippen LogP contribution in [0, 0.1) is 6.92 Å². The van der Waals surface area contributed by atoms with Crippen molar-refractivity contribution in [1.29, 1.82) is 0 Å². The first-order chi connectivity index (χ1) is 10.0. The van der Waals surface area contributed by atoms with E-state index in [0.29, 0.717) is 18.1 Å². The number of carbonyl (C=O) groups is 1. The monoisotopic (exact) mass is 301 g/mol. The third kappa shape index (κ3) is 4.79. The molecular formula is C16H19N3OS. The molecule has 0 aliphatic heterocycles. The summed E-state index contributed by atoms with van der Waals surface area (Å²) in [7, 11) is 1.82. The molecule has 0 spiro atoms. The number of anilines is 1. The van der Waals surface area contributed by atoms with Gasteiger partial charge in [0.1, 0.15) is 5.82 Å². The summed E-state index contributed by atoms with van der Waals surface area (Å²) in [4.78, 5) is 18.8. The number of hydrogen-bond donors (Lipinski definition) is 1. The number of carbonyl (C=O) groups excluding carboxylic acids is 1. The van der Waals surface area contributed by atoms with Gasteiger partial charge in [-0.3, -0.25) is 4.79 Å². The fourth-order valence-electron chi connectivity index (χ4n) is 1.79. The lowest BCUT2D eigenvalue weighted by molar-refractivity contribution is -0.127. The van der Waals surface area contributed by atoms with Crippen molar-refractivity contribution in [3.05, 3.63) is 53.7 Å². The normalized spacial score (nSPS) is 10.4. The van der Waals surface area contributed by atoms with Gasteiger partial charge in [-0.15, -0.1) is 11.8 Å². The Kier molecular flexibility index (Phi) is 5.22. The maximum absolute atomic E-state index is 12.1. The Bertz CT molecular complexity index is 596. The first kappa shape index (κ1) is 15.4. The minimum Gasteiger partial charge on any atom is -0.384 e. The van der Waals surface area contributed by atoms with E-state index in [4.69, 9.17) is 5.73 Å². The van der Waals surface area contributed by atoms with Crippen LogP contribution in [-0.4, -0.2) is 28.6 Å². The number of benzene rings is 1. The summed E-state index contributed by atoms with van der Waals surface area (Å²) in [5.74, 6) is 0.980. The van der Waals surface area contributed by atoms with Crippen molar-refractivity contribution in [2.75, 3.05) is 18.5 Å². The quantitative estimate of drug-likeness (QED) is 0.863. The van der Waals surface area contributed by atoms with Gasteiger partial charge < -0.3 is 10.6 Å². The van der Waals surface area contributed by atoms with E-state index in [9.17, 15) is 4.79 Å². The summed E-state index contributed by atoms with van der Waals surface area (Å²) in [6.45, 7) is 2.68. The van der Waals surface area contributed by atoms with E-state index < -0.39 is 0 Å². The van der Waals surface area contributed by atoms with Gasteiger partial charge in [-0.05, 0) is 24.6 Å². The van der Waals surface area contributed by atoms with Crippen molar-refractivity contribution in [3.8, 4) is 0 Å². The molecule has 2 N–H and O–H groups in total. The van der Waals surface area contributed by atoms with Crippen LogP contribution in [0.2, 0.25) is 0 Å². The largest absolute Gasteiger partial charge is 0.384 e. The zero-order chi connectivity index (χ0) is 15.2. The molecule has 0 aliphatic carbocycles. The molecule has 0 saturated heterocycles. The molecule has 110 valence electrons. The van der Waals surface area contributed by atoms with Gasteiger partial charge in [-0.2, -0.15) is 0 Å². The van der Waals surface area contributed by atoms with Crippen molar-refractivity contribution < 1.29 is 4.79 Å². The predicted octanol–water partition coefficient (Wildman–Crippen LogP) is 2.72. The molecule has 0 saturated carbocycles. The van der Waals surface area contributed by atoms with Gasteiger partial charge in [0.25, 0.3) is 0 Å². The number of amides is 1. The SMILES string of the molecule is Cc1ccc(CN(C)C(=O)CSc2ccc(N)nc2)cc1. The van der Waals surface area contributed by atoms with Crippen LogP contribution in [0.1, 0.15) is 11.1 Å². The summed E-state index contributed by atoms with van der Waals surface area (Å²) in [5.41, 5.74) is 7.89. The van der Waals surface area contributed by atoms with Crippen molar-refractivity contribution in [2.24, 2.45) is 0 Å². The van der Waals surface area contributed by atoms with Crippen LogP contribution < -0.4 is 5.73 Å². The second kappa shape index (κ2) is 7.13. The number of aromatic nitrogens is 1. The van der Waals surface area contributed by atoms with Gasteiger partial charge in [0.2, 0.25) is 5.91 Å². The Hall–Kier alpha value is -2.01. The van der Waals surface area contributed by atoms with Crippen molar-refractivity contribution in [3.63, 3.8) is 0 Å². The number of aryl methyl sites for hydroxylation is 1. The van der Waals surface area contributed by atoms with Gasteiger partial charge in [0.15, 0.2) is 0 Å². The first-order valence-corrected chi connectivity index (χ1v) is 7.67. The summed E-state index contributed by atoms with van der Waals surface area (Å²) < 4.78 is 0. The topological polar surface area (TPSA) is 59.2 Å². The predicted molar refractivity (Wildman–Crippen MR) is 87.0 cm³/mol. The summed E-state index contributed by atoms with van der Waals surface area (Å²) in [6, 6.07) is 11.8. The minimum atomic E-state index is 0.0948. The van der Waals surface area contributed by atoms with Gasteiger partial charge in [-0.1, -0.05) is 29.8 Å². The molecule has 0 unspecified atom stereocenters. The van der Waals surface area contributed by atoms with E-state index >= 15 is 0 Å². The highest BCUT2D eigenvalue weighted by atomic mass is 32.2. The minimum absolute atomic E-state index is 0.0948. The lowest BCUT2D eigenvalue weighted by Crippen LogP contribution is -2.27. The molecule has 1 aromatic carbocycles. The molecule has 2 rings (SSSR count). The molecule has 0 fully saturated rings. The molecule has 2 aromatic rings. The number of nitrogens with two attached hydrogens (primary N) is 1. The number of pyridine rings is 1. The summed E-state index contributed by atoms with van der Waals surface area (Å²) >= 11 is 1.47. The smallest absolute Gasteiger partial charge is 0.232 e. The van der Waals surface area contributed by atoms with Crippen LogP contribution in [0.5, 0.6) is 0 Å². The van der Waals surface area contributed by atoms with E-state index in [1.165, 1.54) is 17.3 Å². The van der Waals surface area contributed by atoms with E-state index in [1.807, 2.05) is 13.1 Å². The van der Waals surface area contributed by atoms with E-state index in [1.54, 1.807) is 17.2 Å². The van der Waals surface area contributed by atoms with Gasteiger partial charge in [0.05, 0.1) is 5.75 Å². The van der Waals surface area contributed by atoms with Crippen LogP contribution in [0.3, 0.4) is 0 Å². The maximum atomic E-state index is 12.1. The van der Waals surface area contributed by atoms with E-state index in [0.717, 1.165) is 10.5 Å². The third-order valence-corrected chi connectivity index (χ3v) is 4.05. The van der Waals surface area contributed by atoms with Gasteiger partial charge >= 0.3 is 0 Å². The molecule has 1 aromatic heterocycles. The molecule has 21 heavy (non-hydrogen) atoms. The Balaban J connectivity index is 1.84. The molecule has 5 heteroatoms. The average molecular weight is 301 g/mol. The number of rotatable bonds is 5. The zero-order valence-corrected chi connectivity index (χ0v) is 13.1. The Morgan fingerprint density at radius 3 is 2.57 bits per heavy atom. The number of nitrogen functional groups attached to an aromatic ring is 1. The highest BCUT2D eigenvalue weighted by molar-refractivity contribution is 8.00. The molecule has 0 aliphatic rings. The van der Waals surface area contributed by atoms with Crippen LogP contribution in [0.4, 0.5) is 5.82 Å². The van der Waals surface area contributed by atoms with E-state index in [2.05, 4.69) is 36.2 Å². The Labute approximate surface area is 129 Å². The van der Waals surface area contributed by atoms with Crippen molar-refractivity contribution in [1.82, 2.24) is 9.88 Å². The zero-order valence-electron chi connectivity index (χ0n) is 12.2. The Morgan fingerprint density at radius 1 is 1.24 bits per heavy atom. The van der Waals surface area contributed by atoms with Crippen molar-refractivity contribution in [2.45, 2.75) is 18.4 Å². The molecular weight excluding hydrogens is 282 g/mol. The van der Waals surface area contributed by atoms with E-state index in [-0.39, 0.29) is 5.91 Å². The van der Waals surface area contributed by atoms with Crippen LogP contribution >= 0.6 is 11.8 Å². The first-order valence-electron chi connectivity index (χ1n) is 6.68. The lowest BCUT2D eigenvalue weighted by atomic mass is 10.1. The number of thioether (sulfide) groups is 1. The van der Waals surface area contributed by atoms with Crippen LogP contribution in [0.15, 0.2) is 47.5 Å². The maximum Gasteiger partial charge on any atom is 0.232 e. The number of nitrogens with zero attached hydrogens (tertiary/aromatic N) is 2.